The van der Waals surface area contributed by atoms with Gasteiger partial charge in [-0.2, -0.15) is 0 Å². The molecular weight excluding hydrogens is 270 g/mol. The summed E-state index contributed by atoms with van der Waals surface area (Å²) in [5.41, 5.74) is 1.45. The van der Waals surface area contributed by atoms with E-state index in [1.54, 1.807) is 0 Å². The van der Waals surface area contributed by atoms with Gasteiger partial charge in [0.25, 0.3) is 0 Å². The highest BCUT2D eigenvalue weighted by molar-refractivity contribution is 9.10. The van der Waals surface area contributed by atoms with Crippen LogP contribution >= 0.6 is 27.3 Å². The van der Waals surface area contributed by atoms with E-state index in [1.807, 2.05) is 18.4 Å². The first-order chi connectivity index (χ1) is 7.04. The molecule has 0 aliphatic carbocycles. The lowest BCUT2D eigenvalue weighted by atomic mass is 10.0. The molecule has 0 aliphatic heterocycles. The van der Waals surface area contributed by atoms with E-state index in [0.29, 0.717) is 5.92 Å². The first-order valence-corrected chi connectivity index (χ1v) is 6.76. The lowest BCUT2D eigenvalue weighted by Crippen LogP contribution is -2.13. The Kier molecular flexibility index (Phi) is 5.03. The van der Waals surface area contributed by atoms with Crippen LogP contribution in [0.15, 0.2) is 16.1 Å². The number of likely N-dealkylation sites (N-methyl/N-ethyl adjacent to an activating group) is 1. The molecule has 0 aliphatic rings. The van der Waals surface area contributed by atoms with Crippen molar-refractivity contribution in [3.63, 3.8) is 0 Å². The molecule has 1 aromatic heterocycles. The molecule has 1 aromatic rings. The molecule has 0 radical (unpaired) electrons. The van der Waals surface area contributed by atoms with Gasteiger partial charge in [0.05, 0.1) is 0 Å². The van der Waals surface area contributed by atoms with Crippen molar-refractivity contribution in [2.24, 2.45) is 5.92 Å². The number of rotatable bonds is 4. The van der Waals surface area contributed by atoms with Gasteiger partial charge in [0.1, 0.15) is 0 Å². The Bertz CT molecular complexity index is 333. The molecule has 15 heavy (non-hydrogen) atoms. The Morgan fingerprint density at radius 3 is 2.67 bits per heavy atom. The fourth-order valence-corrected chi connectivity index (χ4v) is 2.90. The minimum atomic E-state index is 0.596. The molecule has 1 heterocycles. The van der Waals surface area contributed by atoms with Crippen LogP contribution in [-0.4, -0.2) is 13.6 Å². The van der Waals surface area contributed by atoms with E-state index in [0.717, 1.165) is 6.54 Å². The molecule has 0 aromatic carbocycles. The van der Waals surface area contributed by atoms with Crippen LogP contribution in [0.3, 0.4) is 0 Å². The molecule has 0 spiro atoms. The second kappa shape index (κ2) is 5.83. The van der Waals surface area contributed by atoms with Gasteiger partial charge in [-0.15, -0.1) is 11.3 Å². The molecular formula is C12H18BrNS. The quantitative estimate of drug-likeness (QED) is 0.880. The van der Waals surface area contributed by atoms with Crippen molar-refractivity contribution in [1.29, 1.82) is 0 Å². The lowest BCUT2D eigenvalue weighted by molar-refractivity contribution is 0.713. The predicted octanol–water partition coefficient (Wildman–Crippen LogP) is 4.08. The molecule has 3 heteroatoms. The van der Waals surface area contributed by atoms with Crippen LogP contribution in [0, 0.1) is 12.8 Å². The smallest absolute Gasteiger partial charge is 0.0317 e. The van der Waals surface area contributed by atoms with Gasteiger partial charge in [0, 0.05) is 20.8 Å². The highest BCUT2D eigenvalue weighted by Crippen LogP contribution is 2.28. The van der Waals surface area contributed by atoms with E-state index >= 15 is 0 Å². The molecule has 0 amide bonds. The summed E-state index contributed by atoms with van der Waals surface area (Å²) < 4.78 is 1.21. The Morgan fingerprint density at radius 2 is 2.27 bits per heavy atom. The minimum Gasteiger partial charge on any atom is -0.316 e. The Balaban J connectivity index is 2.91. The van der Waals surface area contributed by atoms with Gasteiger partial charge in [0.2, 0.25) is 0 Å². The number of halogens is 1. The lowest BCUT2D eigenvalue weighted by Gasteiger charge is -2.09. The average Bonchev–Trinajstić information content (AvgIpc) is 2.45. The summed E-state index contributed by atoms with van der Waals surface area (Å²) in [5.74, 6) is 0.596. The van der Waals surface area contributed by atoms with Gasteiger partial charge in [0.15, 0.2) is 0 Å². The van der Waals surface area contributed by atoms with Crippen LogP contribution in [0.1, 0.15) is 23.6 Å². The topological polar surface area (TPSA) is 12.0 Å². The summed E-state index contributed by atoms with van der Waals surface area (Å²) in [6.07, 6.45) is 2.30. The molecule has 1 nitrogen and oxygen atoms in total. The standard InChI is InChI=1S/C12H18BrNS/c1-8(2)10(7-14-4)5-11-6-12(13)9(3)15-11/h5-6,8,14H,7H2,1-4H3. The minimum absolute atomic E-state index is 0.596. The Labute approximate surface area is 105 Å². The largest absolute Gasteiger partial charge is 0.316 e. The van der Waals surface area contributed by atoms with Crippen LogP contribution in [0.2, 0.25) is 0 Å². The van der Waals surface area contributed by atoms with Crippen molar-refractivity contribution in [3.05, 3.63) is 25.9 Å². The van der Waals surface area contributed by atoms with Gasteiger partial charge in [-0.05, 0) is 48.0 Å². The highest BCUT2D eigenvalue weighted by atomic mass is 79.9. The molecule has 0 atom stereocenters. The molecule has 0 bridgehead atoms. The van der Waals surface area contributed by atoms with Gasteiger partial charge >= 0.3 is 0 Å². The van der Waals surface area contributed by atoms with E-state index in [2.05, 4.69) is 54.2 Å². The Hall–Kier alpha value is -0.120. The van der Waals surface area contributed by atoms with Crippen molar-refractivity contribution in [2.75, 3.05) is 13.6 Å². The number of nitrogens with one attached hydrogen (secondary N) is 1. The third-order valence-electron chi connectivity index (χ3n) is 2.33. The van der Waals surface area contributed by atoms with Crippen LogP contribution in [0.25, 0.3) is 6.08 Å². The summed E-state index contributed by atoms with van der Waals surface area (Å²) >= 11 is 5.38. The zero-order valence-corrected chi connectivity index (χ0v) is 12.1. The monoisotopic (exact) mass is 287 g/mol. The fraction of sp³-hybridized carbons (Fsp3) is 0.500. The summed E-state index contributed by atoms with van der Waals surface area (Å²) in [5, 5.41) is 3.22. The first-order valence-electron chi connectivity index (χ1n) is 5.15. The Morgan fingerprint density at radius 1 is 1.60 bits per heavy atom. The van der Waals surface area contributed by atoms with Crippen molar-refractivity contribution in [3.8, 4) is 0 Å². The number of hydrogen-bond acceptors (Lipinski definition) is 2. The highest BCUT2D eigenvalue weighted by Gasteiger charge is 2.05. The van der Waals surface area contributed by atoms with Crippen LogP contribution in [-0.2, 0) is 0 Å². The van der Waals surface area contributed by atoms with E-state index in [-0.39, 0.29) is 0 Å². The number of thiophene rings is 1. The third-order valence-corrected chi connectivity index (χ3v) is 4.41. The van der Waals surface area contributed by atoms with Crippen LogP contribution < -0.4 is 5.32 Å². The maximum Gasteiger partial charge on any atom is 0.0317 e. The third kappa shape index (κ3) is 3.74. The molecule has 0 fully saturated rings. The molecule has 0 saturated heterocycles. The SMILES string of the molecule is CNCC(=Cc1cc(Br)c(C)s1)C(C)C. The van der Waals surface area contributed by atoms with Gasteiger partial charge < -0.3 is 5.32 Å². The van der Waals surface area contributed by atoms with Crippen LogP contribution in [0.4, 0.5) is 0 Å². The van der Waals surface area contributed by atoms with Crippen LogP contribution in [0.5, 0.6) is 0 Å². The maximum absolute atomic E-state index is 3.55. The van der Waals surface area contributed by atoms with Crippen molar-refractivity contribution < 1.29 is 0 Å². The molecule has 0 unspecified atom stereocenters. The van der Waals surface area contributed by atoms with E-state index < -0.39 is 0 Å². The molecule has 1 rings (SSSR count). The van der Waals surface area contributed by atoms with Crippen molar-refractivity contribution in [1.82, 2.24) is 5.32 Å². The van der Waals surface area contributed by atoms with Crippen molar-refractivity contribution in [2.45, 2.75) is 20.8 Å². The van der Waals surface area contributed by atoms with Gasteiger partial charge in [-0.1, -0.05) is 19.4 Å². The zero-order valence-electron chi connectivity index (χ0n) is 9.73. The average molecular weight is 288 g/mol. The second-order valence-electron chi connectivity index (χ2n) is 3.96. The molecule has 84 valence electrons. The number of hydrogen-bond donors (Lipinski definition) is 1. The fourth-order valence-electron chi connectivity index (χ4n) is 1.36. The zero-order chi connectivity index (χ0) is 11.4. The maximum atomic E-state index is 3.55. The second-order valence-corrected chi connectivity index (χ2v) is 6.10. The van der Waals surface area contributed by atoms with Gasteiger partial charge in [-0.25, -0.2) is 0 Å². The van der Waals surface area contributed by atoms with E-state index in [4.69, 9.17) is 0 Å². The summed E-state index contributed by atoms with van der Waals surface area (Å²) in [4.78, 5) is 2.67. The first kappa shape index (κ1) is 12.9. The predicted molar refractivity (Wildman–Crippen MR) is 73.5 cm³/mol. The summed E-state index contributed by atoms with van der Waals surface area (Å²) in [6, 6.07) is 2.19. The number of aryl methyl sites for hydroxylation is 1. The van der Waals surface area contributed by atoms with Crippen molar-refractivity contribution >= 4 is 33.3 Å². The van der Waals surface area contributed by atoms with E-state index in [1.165, 1.54) is 19.8 Å². The van der Waals surface area contributed by atoms with Gasteiger partial charge in [-0.3, -0.25) is 0 Å². The summed E-state index contributed by atoms with van der Waals surface area (Å²) in [7, 11) is 1.99. The van der Waals surface area contributed by atoms with E-state index in [9.17, 15) is 0 Å². The normalized spacial score (nSPS) is 12.5. The molecule has 0 saturated carbocycles. The molecule has 1 N–H and O–H groups in total. The summed E-state index contributed by atoms with van der Waals surface area (Å²) in [6.45, 7) is 7.57.